The number of nitrogens with two attached hydrogens (primary N) is 1. The molecule has 2 heterocycles. The van der Waals surface area contributed by atoms with Gasteiger partial charge in [0.2, 0.25) is 0 Å². The number of aryl methyl sites for hydroxylation is 1. The van der Waals surface area contributed by atoms with Gasteiger partial charge in [-0.05, 0) is 36.6 Å². The summed E-state index contributed by atoms with van der Waals surface area (Å²) in [6, 6.07) is 7.67. The molecule has 0 fully saturated rings. The van der Waals surface area contributed by atoms with Crippen molar-refractivity contribution in [1.82, 2.24) is 9.97 Å². The highest BCUT2D eigenvalue weighted by Gasteiger charge is 1.88. The molecule has 0 spiro atoms. The summed E-state index contributed by atoms with van der Waals surface area (Å²) in [4.78, 5) is 26.9. The molecule has 2 rings (SSSR count). The zero-order chi connectivity index (χ0) is 17.2. The van der Waals surface area contributed by atoms with E-state index in [4.69, 9.17) is 5.73 Å². The Balaban J connectivity index is 0.000000335. The van der Waals surface area contributed by atoms with Crippen LogP contribution < -0.4 is 5.73 Å². The van der Waals surface area contributed by atoms with Crippen LogP contribution in [-0.4, -0.2) is 29.3 Å². The molecule has 2 N–H and O–H groups in total. The van der Waals surface area contributed by atoms with E-state index in [0.29, 0.717) is 26.0 Å². The Morgan fingerprint density at radius 1 is 1.09 bits per heavy atom. The van der Waals surface area contributed by atoms with Gasteiger partial charge < -0.3 is 15.3 Å². The number of ether oxygens (including phenoxy) is 1. The SMILES string of the molecule is CCOC=O.NCc1cccnc1.O=CCCc1cccnc1. The second-order valence-electron chi connectivity index (χ2n) is 4.18. The van der Waals surface area contributed by atoms with Crippen molar-refractivity contribution in [2.24, 2.45) is 5.73 Å². The zero-order valence-electron chi connectivity index (χ0n) is 13.3. The molecule has 0 aliphatic heterocycles. The molecule has 0 saturated heterocycles. The number of rotatable bonds is 6. The highest BCUT2D eigenvalue weighted by molar-refractivity contribution is 5.49. The maximum Gasteiger partial charge on any atom is 0.293 e. The van der Waals surface area contributed by atoms with E-state index < -0.39 is 0 Å². The molecule has 2 aromatic rings. The fraction of sp³-hybridized carbons (Fsp3) is 0.294. The molecular formula is C17H23N3O3. The number of pyridine rings is 2. The first-order valence-corrected chi connectivity index (χ1v) is 7.25. The largest absolute Gasteiger partial charge is 0.468 e. The summed E-state index contributed by atoms with van der Waals surface area (Å²) in [5, 5.41) is 0. The van der Waals surface area contributed by atoms with Gasteiger partial charge in [-0.25, -0.2) is 0 Å². The van der Waals surface area contributed by atoms with Gasteiger partial charge in [0.1, 0.15) is 6.29 Å². The van der Waals surface area contributed by atoms with E-state index in [1.807, 2.05) is 24.3 Å². The minimum absolute atomic E-state index is 0.431. The van der Waals surface area contributed by atoms with Gasteiger partial charge in [0.05, 0.1) is 6.61 Å². The topological polar surface area (TPSA) is 95.2 Å². The standard InChI is InChI=1S/C8H9NO.C6H8N2.C3H6O2/c10-6-2-4-8-3-1-5-9-7-8;7-4-6-2-1-3-8-5-6;1-2-5-3-4/h1,3,5-7H,2,4H2;1-3,5H,4,7H2;3H,2H2,1H3. The Labute approximate surface area is 136 Å². The maximum absolute atomic E-state index is 9.96. The van der Waals surface area contributed by atoms with Crippen LogP contribution in [0, 0.1) is 0 Å². The molecule has 124 valence electrons. The number of aromatic nitrogens is 2. The van der Waals surface area contributed by atoms with Crippen molar-refractivity contribution in [2.75, 3.05) is 6.61 Å². The van der Waals surface area contributed by atoms with E-state index in [1.165, 1.54) is 0 Å². The van der Waals surface area contributed by atoms with Crippen molar-refractivity contribution in [3.8, 4) is 0 Å². The van der Waals surface area contributed by atoms with Crippen LogP contribution in [0.15, 0.2) is 49.1 Å². The van der Waals surface area contributed by atoms with Crippen molar-refractivity contribution >= 4 is 12.8 Å². The smallest absolute Gasteiger partial charge is 0.293 e. The average molecular weight is 317 g/mol. The fourth-order valence-corrected chi connectivity index (χ4v) is 1.36. The monoisotopic (exact) mass is 317 g/mol. The van der Waals surface area contributed by atoms with E-state index in [9.17, 15) is 9.59 Å². The molecule has 0 unspecified atom stereocenters. The molecule has 2 aromatic heterocycles. The first-order valence-electron chi connectivity index (χ1n) is 7.25. The van der Waals surface area contributed by atoms with Crippen LogP contribution >= 0.6 is 0 Å². The number of carbonyl (C=O) groups is 2. The van der Waals surface area contributed by atoms with Gasteiger partial charge in [0.15, 0.2) is 0 Å². The van der Waals surface area contributed by atoms with Gasteiger partial charge in [0.25, 0.3) is 6.47 Å². The van der Waals surface area contributed by atoms with Gasteiger partial charge in [-0.2, -0.15) is 0 Å². The van der Waals surface area contributed by atoms with E-state index >= 15 is 0 Å². The van der Waals surface area contributed by atoms with Crippen LogP contribution in [0.2, 0.25) is 0 Å². The predicted molar refractivity (Wildman–Crippen MR) is 88.4 cm³/mol. The van der Waals surface area contributed by atoms with Crippen molar-refractivity contribution < 1.29 is 14.3 Å². The normalized spacial score (nSPS) is 8.61. The Morgan fingerprint density at radius 2 is 1.70 bits per heavy atom. The van der Waals surface area contributed by atoms with E-state index in [2.05, 4.69) is 14.7 Å². The van der Waals surface area contributed by atoms with Crippen LogP contribution in [-0.2, 0) is 27.3 Å². The van der Waals surface area contributed by atoms with Gasteiger partial charge >= 0.3 is 0 Å². The third kappa shape index (κ3) is 12.8. The molecule has 0 radical (unpaired) electrons. The lowest BCUT2D eigenvalue weighted by Gasteiger charge is -1.92. The molecule has 0 bridgehead atoms. The second kappa shape index (κ2) is 15.8. The summed E-state index contributed by atoms with van der Waals surface area (Å²) < 4.78 is 4.15. The number of carbonyl (C=O) groups excluding carboxylic acids is 2. The van der Waals surface area contributed by atoms with Crippen molar-refractivity contribution in [1.29, 1.82) is 0 Å². The summed E-state index contributed by atoms with van der Waals surface area (Å²) in [6.45, 7) is 3.24. The van der Waals surface area contributed by atoms with E-state index in [1.54, 1.807) is 31.7 Å². The number of hydrogen-bond acceptors (Lipinski definition) is 6. The van der Waals surface area contributed by atoms with Gasteiger partial charge in [0, 0.05) is 37.8 Å². The molecule has 0 atom stereocenters. The van der Waals surface area contributed by atoms with Crippen LogP contribution in [0.25, 0.3) is 0 Å². The zero-order valence-corrected chi connectivity index (χ0v) is 13.3. The highest BCUT2D eigenvalue weighted by Crippen LogP contribution is 1.97. The maximum atomic E-state index is 9.96. The fourth-order valence-electron chi connectivity index (χ4n) is 1.36. The molecule has 6 nitrogen and oxygen atoms in total. The van der Waals surface area contributed by atoms with E-state index in [-0.39, 0.29) is 0 Å². The molecule has 0 saturated carbocycles. The third-order valence-electron chi connectivity index (χ3n) is 2.47. The number of nitrogens with zero attached hydrogens (tertiary/aromatic N) is 2. The summed E-state index contributed by atoms with van der Waals surface area (Å²) in [5.74, 6) is 0. The lowest BCUT2D eigenvalue weighted by molar-refractivity contribution is -0.128. The second-order valence-corrected chi connectivity index (χ2v) is 4.18. The lowest BCUT2D eigenvalue weighted by Crippen LogP contribution is -1.95. The molecule has 0 aliphatic carbocycles. The van der Waals surface area contributed by atoms with Crippen LogP contribution in [0.4, 0.5) is 0 Å². The van der Waals surface area contributed by atoms with Gasteiger partial charge in [-0.3, -0.25) is 14.8 Å². The van der Waals surface area contributed by atoms with Crippen molar-refractivity contribution in [3.63, 3.8) is 0 Å². The Hall–Kier alpha value is -2.60. The quantitative estimate of drug-likeness (QED) is 0.818. The molecule has 0 aliphatic rings. The molecule has 6 heteroatoms. The summed E-state index contributed by atoms with van der Waals surface area (Å²) in [7, 11) is 0. The first-order chi connectivity index (χ1) is 11.3. The van der Waals surface area contributed by atoms with Crippen LogP contribution in [0.5, 0.6) is 0 Å². The molecule has 0 aromatic carbocycles. The van der Waals surface area contributed by atoms with Crippen LogP contribution in [0.3, 0.4) is 0 Å². The molecule has 23 heavy (non-hydrogen) atoms. The van der Waals surface area contributed by atoms with Crippen LogP contribution in [0.1, 0.15) is 24.5 Å². The Morgan fingerprint density at radius 3 is 2.00 bits per heavy atom. The minimum Gasteiger partial charge on any atom is -0.468 e. The van der Waals surface area contributed by atoms with Crippen molar-refractivity contribution in [3.05, 3.63) is 60.2 Å². The summed E-state index contributed by atoms with van der Waals surface area (Å²) in [6.07, 6.45) is 9.32. The molecule has 0 amide bonds. The average Bonchev–Trinajstić information content (AvgIpc) is 2.63. The lowest BCUT2D eigenvalue weighted by atomic mass is 10.2. The Bertz CT molecular complexity index is 507. The third-order valence-corrected chi connectivity index (χ3v) is 2.47. The number of aldehydes is 1. The van der Waals surface area contributed by atoms with E-state index in [0.717, 1.165) is 23.8 Å². The van der Waals surface area contributed by atoms with Gasteiger partial charge in [-0.1, -0.05) is 12.1 Å². The van der Waals surface area contributed by atoms with Crippen molar-refractivity contribution in [2.45, 2.75) is 26.3 Å². The highest BCUT2D eigenvalue weighted by atomic mass is 16.5. The number of hydrogen-bond donors (Lipinski definition) is 1. The predicted octanol–water partition coefficient (Wildman–Crippen LogP) is 1.93. The summed E-state index contributed by atoms with van der Waals surface area (Å²) in [5.41, 5.74) is 7.51. The first kappa shape index (κ1) is 20.4. The Kier molecular flexibility index (Phi) is 14.0. The molecular weight excluding hydrogens is 294 g/mol. The summed E-state index contributed by atoms with van der Waals surface area (Å²) >= 11 is 0. The van der Waals surface area contributed by atoms with Gasteiger partial charge in [-0.15, -0.1) is 0 Å². The minimum atomic E-state index is 0.431.